The third-order valence-corrected chi connectivity index (χ3v) is 2.36. The Bertz CT molecular complexity index is 304. The van der Waals surface area contributed by atoms with Crippen molar-refractivity contribution in [3.8, 4) is 0 Å². The fourth-order valence-corrected chi connectivity index (χ4v) is 1.56. The Hall–Kier alpha value is -1.30. The first-order valence-corrected chi connectivity index (χ1v) is 5.98. The van der Waals surface area contributed by atoms with Crippen molar-refractivity contribution in [1.29, 1.82) is 0 Å². The minimum absolute atomic E-state index is 0.0675. The summed E-state index contributed by atoms with van der Waals surface area (Å²) in [6.07, 6.45) is 0. The molecule has 0 atom stereocenters. The lowest BCUT2D eigenvalue weighted by atomic mass is 10.1. The summed E-state index contributed by atoms with van der Waals surface area (Å²) in [5, 5.41) is 11.8. The van der Waals surface area contributed by atoms with Gasteiger partial charge in [0.05, 0.1) is 39.8 Å². The van der Waals surface area contributed by atoms with E-state index in [4.69, 9.17) is 9.90 Å². The summed E-state index contributed by atoms with van der Waals surface area (Å²) in [6, 6.07) is 0.0726. The van der Waals surface area contributed by atoms with Crippen LogP contribution in [0.25, 0.3) is 0 Å². The number of aliphatic carboxylic acids is 1. The molecule has 1 N–H and O–H groups in total. The molecule has 0 unspecified atom stereocenters. The van der Waals surface area contributed by atoms with Gasteiger partial charge >= 0.3 is 6.03 Å². The van der Waals surface area contributed by atoms with Crippen LogP contribution in [0.2, 0.25) is 0 Å². The zero-order chi connectivity index (χ0) is 14.6. The number of carbonyl (C=O) groups is 2. The zero-order valence-corrected chi connectivity index (χ0v) is 12.2. The van der Waals surface area contributed by atoms with Crippen molar-refractivity contribution in [2.45, 2.75) is 26.3 Å². The smallest absolute Gasteiger partial charge is 0.318 e. The lowest BCUT2D eigenvalue weighted by Crippen LogP contribution is -2.43. The van der Waals surface area contributed by atoms with Crippen LogP contribution < -0.4 is 10.4 Å². The molecule has 2 amide bonds. The molecule has 1 saturated heterocycles. The lowest BCUT2D eigenvalue weighted by molar-refractivity contribution is -0.869. The van der Waals surface area contributed by atoms with Crippen LogP contribution in [0.4, 0.5) is 4.79 Å². The fourth-order valence-electron chi connectivity index (χ4n) is 1.56. The van der Waals surface area contributed by atoms with Crippen LogP contribution in [0, 0.1) is 0 Å². The molecule has 1 heterocycles. The Morgan fingerprint density at radius 3 is 2.17 bits per heavy atom. The number of rotatable bonds is 3. The molecule has 0 aromatic rings. The predicted octanol–water partition coefficient (Wildman–Crippen LogP) is -0.747. The van der Waals surface area contributed by atoms with Gasteiger partial charge in [0.2, 0.25) is 0 Å². The molecule has 0 saturated carbocycles. The summed E-state index contributed by atoms with van der Waals surface area (Å²) < 4.78 is 0.893. The Balaban J connectivity index is 0.000000631. The average molecular weight is 259 g/mol. The number of nitrogens with one attached hydrogen (secondary N) is 1. The maximum atomic E-state index is 11.5. The van der Waals surface area contributed by atoms with Gasteiger partial charge < -0.3 is 24.6 Å². The van der Waals surface area contributed by atoms with Crippen molar-refractivity contribution in [2.75, 3.05) is 40.8 Å². The Labute approximate surface area is 109 Å². The highest BCUT2D eigenvalue weighted by Crippen LogP contribution is 2.13. The molecule has 0 radical (unpaired) electrons. The number of carboxylic acid groups (broad SMARTS) is 1. The van der Waals surface area contributed by atoms with E-state index in [-0.39, 0.29) is 11.6 Å². The third kappa shape index (κ3) is 7.89. The summed E-state index contributed by atoms with van der Waals surface area (Å²) in [6.45, 7) is 7.71. The van der Waals surface area contributed by atoms with E-state index < -0.39 is 5.97 Å². The van der Waals surface area contributed by atoms with Crippen molar-refractivity contribution < 1.29 is 19.2 Å². The second kappa shape index (κ2) is 6.04. The van der Waals surface area contributed by atoms with Gasteiger partial charge in [-0.15, -0.1) is 0 Å². The van der Waals surface area contributed by atoms with Crippen LogP contribution >= 0.6 is 0 Å². The number of hydrogen-bond acceptors (Lipinski definition) is 3. The lowest BCUT2D eigenvalue weighted by Gasteiger charge is -2.26. The molecular formula is C12H25N3O3. The van der Waals surface area contributed by atoms with Crippen molar-refractivity contribution in [3.05, 3.63) is 0 Å². The van der Waals surface area contributed by atoms with Crippen LogP contribution in [0.3, 0.4) is 0 Å². The minimum atomic E-state index is -1.08. The summed E-state index contributed by atoms with van der Waals surface area (Å²) in [4.78, 5) is 22.3. The molecule has 1 aliphatic rings. The second-order valence-electron chi connectivity index (χ2n) is 6.24. The highest BCUT2D eigenvalue weighted by atomic mass is 16.4. The van der Waals surface area contributed by atoms with E-state index >= 15 is 0 Å². The molecule has 1 aliphatic heterocycles. The third-order valence-electron chi connectivity index (χ3n) is 2.36. The molecule has 106 valence electrons. The molecule has 1 rings (SSSR count). The van der Waals surface area contributed by atoms with Gasteiger partial charge in [0, 0.05) is 12.5 Å². The molecule has 0 aromatic heterocycles. The minimum Gasteiger partial charge on any atom is -0.550 e. The van der Waals surface area contributed by atoms with Gasteiger partial charge in [0.15, 0.2) is 0 Å². The number of amides is 2. The van der Waals surface area contributed by atoms with Crippen LogP contribution in [0.5, 0.6) is 0 Å². The maximum Gasteiger partial charge on any atom is 0.318 e. The van der Waals surface area contributed by atoms with Crippen molar-refractivity contribution in [1.82, 2.24) is 10.2 Å². The van der Waals surface area contributed by atoms with Crippen molar-refractivity contribution in [2.24, 2.45) is 0 Å². The Morgan fingerprint density at radius 1 is 1.44 bits per heavy atom. The first kappa shape index (κ1) is 16.7. The van der Waals surface area contributed by atoms with E-state index in [0.29, 0.717) is 0 Å². The molecular weight excluding hydrogens is 234 g/mol. The summed E-state index contributed by atoms with van der Waals surface area (Å²) >= 11 is 0. The van der Waals surface area contributed by atoms with Gasteiger partial charge in [0.25, 0.3) is 0 Å². The number of hydrogen-bond donors (Lipinski definition) is 1. The molecule has 0 bridgehead atoms. The Kier molecular flexibility index (Phi) is 5.60. The topological polar surface area (TPSA) is 72.5 Å². The van der Waals surface area contributed by atoms with E-state index in [1.165, 1.54) is 0 Å². The molecule has 0 aliphatic carbocycles. The van der Waals surface area contributed by atoms with Crippen LogP contribution in [-0.2, 0) is 4.79 Å². The SMILES string of the molecule is CC(=O)[O-].CC1(C)CN(CC[N+](C)(C)C)C(=O)N1. The van der Waals surface area contributed by atoms with E-state index in [1.54, 1.807) is 0 Å². The van der Waals surface area contributed by atoms with Gasteiger partial charge in [-0.3, -0.25) is 0 Å². The molecule has 1 fully saturated rings. The number of carboxylic acids is 1. The summed E-state index contributed by atoms with van der Waals surface area (Å²) in [7, 11) is 6.41. The van der Waals surface area contributed by atoms with E-state index in [0.717, 1.165) is 31.0 Å². The van der Waals surface area contributed by atoms with Crippen LogP contribution in [0.1, 0.15) is 20.8 Å². The number of carbonyl (C=O) groups excluding carboxylic acids is 2. The molecule has 18 heavy (non-hydrogen) atoms. The molecule has 6 nitrogen and oxygen atoms in total. The monoisotopic (exact) mass is 259 g/mol. The predicted molar refractivity (Wildman–Crippen MR) is 67.8 cm³/mol. The molecule has 6 heteroatoms. The molecule has 0 aromatic carbocycles. The highest BCUT2D eigenvalue weighted by molar-refractivity contribution is 5.77. The zero-order valence-electron chi connectivity index (χ0n) is 12.2. The van der Waals surface area contributed by atoms with Crippen LogP contribution in [0.15, 0.2) is 0 Å². The standard InChI is InChI=1S/C10H21N3O.C2H4O2/c1-10(2)8-12(9(14)11-10)6-7-13(3,4)5;1-2(3)4/h6-8H2,1-5H3;1H3,(H,3,4). The van der Waals surface area contributed by atoms with Crippen molar-refractivity contribution >= 4 is 12.0 Å². The average Bonchev–Trinajstić information content (AvgIpc) is 2.33. The van der Waals surface area contributed by atoms with E-state index in [2.05, 4.69) is 40.3 Å². The first-order valence-electron chi connectivity index (χ1n) is 5.98. The van der Waals surface area contributed by atoms with Gasteiger partial charge in [-0.1, -0.05) is 0 Å². The van der Waals surface area contributed by atoms with Crippen molar-refractivity contribution in [3.63, 3.8) is 0 Å². The second-order valence-corrected chi connectivity index (χ2v) is 6.24. The number of nitrogens with zero attached hydrogens (tertiary/aromatic N) is 2. The largest absolute Gasteiger partial charge is 0.550 e. The van der Waals surface area contributed by atoms with Gasteiger partial charge in [-0.05, 0) is 20.8 Å². The van der Waals surface area contributed by atoms with E-state index in [9.17, 15) is 4.79 Å². The molecule has 0 spiro atoms. The number of quaternary nitrogens is 1. The van der Waals surface area contributed by atoms with Gasteiger partial charge in [0.1, 0.15) is 0 Å². The first-order chi connectivity index (χ1) is 7.93. The van der Waals surface area contributed by atoms with E-state index in [1.807, 2.05) is 4.90 Å². The van der Waals surface area contributed by atoms with Gasteiger partial charge in [-0.25, -0.2) is 4.79 Å². The summed E-state index contributed by atoms with van der Waals surface area (Å²) in [5.41, 5.74) is -0.0675. The number of likely N-dealkylation sites (N-methyl/N-ethyl adjacent to an activating group) is 1. The summed E-state index contributed by atoms with van der Waals surface area (Å²) in [5.74, 6) is -1.08. The number of urea groups is 1. The highest BCUT2D eigenvalue weighted by Gasteiger charge is 2.34. The maximum absolute atomic E-state index is 11.5. The normalized spacial score (nSPS) is 17.9. The van der Waals surface area contributed by atoms with Crippen LogP contribution in [-0.4, -0.2) is 67.7 Å². The van der Waals surface area contributed by atoms with Gasteiger partial charge in [-0.2, -0.15) is 0 Å². The quantitative estimate of drug-likeness (QED) is 0.678. The fraction of sp³-hybridized carbons (Fsp3) is 0.833. The Morgan fingerprint density at radius 2 is 1.89 bits per heavy atom.